The van der Waals surface area contributed by atoms with Crippen LogP contribution in [0.15, 0.2) is 29.3 Å². The molecular formula is C23H35IN4O2. The molecular weight excluding hydrogens is 491 g/mol. The van der Waals surface area contributed by atoms with Crippen molar-refractivity contribution < 1.29 is 9.53 Å². The van der Waals surface area contributed by atoms with Gasteiger partial charge in [0.25, 0.3) is 0 Å². The van der Waals surface area contributed by atoms with E-state index in [0.29, 0.717) is 6.54 Å². The Morgan fingerprint density at radius 2 is 1.87 bits per heavy atom. The zero-order chi connectivity index (χ0) is 20.1. The molecule has 1 aromatic carbocycles. The van der Waals surface area contributed by atoms with Gasteiger partial charge in [0.1, 0.15) is 11.4 Å². The highest BCUT2D eigenvalue weighted by Gasteiger charge is 2.43. The van der Waals surface area contributed by atoms with Crippen molar-refractivity contribution >= 4 is 35.8 Å². The standard InChI is InChI=1S/C23H34N4O2.HI/c1-24-22(26-15-7-14-25-21(28)17-8-6-9-17)27-19-16-23(12-4-5-13-23)29-20-11-3-2-10-18(19)20;/h2-3,10-11,17,19H,4-9,12-16H2,1H3,(H,25,28)(H2,24,26,27);1H. The van der Waals surface area contributed by atoms with Crippen molar-refractivity contribution in [3.05, 3.63) is 29.8 Å². The van der Waals surface area contributed by atoms with Crippen molar-refractivity contribution in [1.29, 1.82) is 0 Å². The SMILES string of the molecule is CN=C(NCCCNC(=O)C1CCC1)NC1CC2(CCCC2)Oc2ccccc21.I. The number of carbonyl (C=O) groups excluding carboxylic acids is 1. The number of rotatable bonds is 6. The fourth-order valence-electron chi connectivity index (χ4n) is 4.75. The van der Waals surface area contributed by atoms with Crippen molar-refractivity contribution in [3.8, 4) is 5.75 Å². The third-order valence-corrected chi connectivity index (χ3v) is 6.67. The Morgan fingerprint density at radius 1 is 1.13 bits per heavy atom. The van der Waals surface area contributed by atoms with Crippen molar-refractivity contribution in [1.82, 2.24) is 16.0 Å². The molecule has 2 saturated carbocycles. The highest BCUT2D eigenvalue weighted by atomic mass is 127. The van der Waals surface area contributed by atoms with Gasteiger partial charge in [0, 0.05) is 38.0 Å². The van der Waals surface area contributed by atoms with Crippen molar-refractivity contribution in [2.75, 3.05) is 20.1 Å². The average Bonchev–Trinajstić information content (AvgIpc) is 3.12. The Kier molecular flexibility index (Phi) is 8.25. The molecule has 1 aromatic rings. The molecule has 7 heteroatoms. The maximum atomic E-state index is 11.9. The fraction of sp³-hybridized carbons (Fsp3) is 0.652. The fourth-order valence-corrected chi connectivity index (χ4v) is 4.75. The number of hydrogen-bond acceptors (Lipinski definition) is 3. The molecule has 2 fully saturated rings. The second-order valence-electron chi connectivity index (χ2n) is 8.70. The molecule has 1 unspecified atom stereocenters. The van der Waals surface area contributed by atoms with Gasteiger partial charge in [0.05, 0.1) is 6.04 Å². The number of fused-ring (bicyclic) bond motifs is 1. The number of amides is 1. The van der Waals surface area contributed by atoms with Crippen LogP contribution in [-0.2, 0) is 4.79 Å². The van der Waals surface area contributed by atoms with Gasteiger partial charge in [-0.2, -0.15) is 0 Å². The maximum Gasteiger partial charge on any atom is 0.223 e. The number of ether oxygens (including phenoxy) is 1. The lowest BCUT2D eigenvalue weighted by atomic mass is 9.85. The van der Waals surface area contributed by atoms with Crippen LogP contribution in [-0.4, -0.2) is 37.6 Å². The van der Waals surface area contributed by atoms with Crippen LogP contribution in [0.25, 0.3) is 0 Å². The van der Waals surface area contributed by atoms with Crippen LogP contribution in [0, 0.1) is 5.92 Å². The van der Waals surface area contributed by atoms with Crippen molar-refractivity contribution in [2.24, 2.45) is 10.9 Å². The average molecular weight is 526 g/mol. The van der Waals surface area contributed by atoms with Crippen LogP contribution in [0.3, 0.4) is 0 Å². The lowest BCUT2D eigenvalue weighted by Crippen LogP contribution is -2.47. The Labute approximate surface area is 197 Å². The van der Waals surface area contributed by atoms with Crippen LogP contribution in [0.1, 0.15) is 69.4 Å². The minimum Gasteiger partial charge on any atom is -0.487 e. The van der Waals surface area contributed by atoms with Crippen LogP contribution in [0.2, 0.25) is 0 Å². The highest BCUT2D eigenvalue weighted by Crippen LogP contribution is 2.46. The third-order valence-electron chi connectivity index (χ3n) is 6.67. The molecule has 3 aliphatic rings. The lowest BCUT2D eigenvalue weighted by Gasteiger charge is -2.40. The van der Waals surface area contributed by atoms with Crippen molar-refractivity contribution in [2.45, 2.75) is 69.4 Å². The summed E-state index contributed by atoms with van der Waals surface area (Å²) in [6, 6.07) is 8.56. The van der Waals surface area contributed by atoms with Crippen LogP contribution in [0.4, 0.5) is 0 Å². The molecule has 166 valence electrons. The molecule has 1 amide bonds. The predicted molar refractivity (Wildman–Crippen MR) is 131 cm³/mol. The first-order chi connectivity index (χ1) is 14.2. The Hall–Kier alpha value is -1.51. The Bertz CT molecular complexity index is 744. The normalized spacial score (nSPS) is 22.3. The van der Waals surface area contributed by atoms with E-state index >= 15 is 0 Å². The number of nitrogens with one attached hydrogen (secondary N) is 3. The zero-order valence-corrected chi connectivity index (χ0v) is 20.2. The Balaban J connectivity index is 0.00000256. The molecule has 1 atom stereocenters. The van der Waals surface area contributed by atoms with Crippen LogP contribution >= 0.6 is 24.0 Å². The number of benzene rings is 1. The predicted octanol–water partition coefficient (Wildman–Crippen LogP) is 3.91. The van der Waals surface area contributed by atoms with Gasteiger partial charge in [0.15, 0.2) is 5.96 Å². The molecule has 6 nitrogen and oxygen atoms in total. The highest BCUT2D eigenvalue weighted by molar-refractivity contribution is 14.0. The third kappa shape index (κ3) is 5.39. The van der Waals surface area contributed by atoms with E-state index in [4.69, 9.17) is 4.74 Å². The van der Waals surface area contributed by atoms with E-state index in [1.54, 1.807) is 0 Å². The number of guanidine groups is 1. The van der Waals surface area contributed by atoms with Gasteiger partial charge in [-0.3, -0.25) is 9.79 Å². The minimum atomic E-state index is -0.0311. The van der Waals surface area contributed by atoms with E-state index in [9.17, 15) is 4.79 Å². The molecule has 2 aliphatic carbocycles. The maximum absolute atomic E-state index is 11.9. The molecule has 0 aromatic heterocycles. The molecule has 1 spiro atoms. The summed E-state index contributed by atoms with van der Waals surface area (Å²) in [6.45, 7) is 1.49. The van der Waals surface area contributed by atoms with Gasteiger partial charge in [0.2, 0.25) is 5.91 Å². The number of hydrogen-bond donors (Lipinski definition) is 3. The zero-order valence-electron chi connectivity index (χ0n) is 17.9. The molecule has 0 saturated heterocycles. The Morgan fingerprint density at radius 3 is 2.57 bits per heavy atom. The second kappa shape index (κ2) is 10.7. The van der Waals surface area contributed by atoms with Gasteiger partial charge in [-0.15, -0.1) is 24.0 Å². The summed E-state index contributed by atoms with van der Waals surface area (Å²) in [5.41, 5.74) is 1.18. The first-order valence-corrected chi connectivity index (χ1v) is 11.2. The van der Waals surface area contributed by atoms with E-state index < -0.39 is 0 Å². The number of nitrogens with zero attached hydrogens (tertiary/aromatic N) is 1. The van der Waals surface area contributed by atoms with Gasteiger partial charge in [-0.05, 0) is 51.0 Å². The quantitative estimate of drug-likeness (QED) is 0.228. The number of aliphatic imine (C=N–C) groups is 1. The first kappa shape index (κ1) is 23.2. The monoisotopic (exact) mass is 526 g/mol. The minimum absolute atomic E-state index is 0. The summed E-state index contributed by atoms with van der Waals surface area (Å²) in [4.78, 5) is 16.3. The van der Waals surface area contributed by atoms with Crippen LogP contribution < -0.4 is 20.7 Å². The first-order valence-electron chi connectivity index (χ1n) is 11.2. The molecule has 0 bridgehead atoms. The lowest BCUT2D eigenvalue weighted by molar-refractivity contribution is -0.127. The van der Waals surface area contributed by atoms with Crippen molar-refractivity contribution in [3.63, 3.8) is 0 Å². The number of carbonyl (C=O) groups is 1. The second-order valence-corrected chi connectivity index (χ2v) is 8.70. The summed E-state index contributed by atoms with van der Waals surface area (Å²) in [5.74, 6) is 2.30. The van der Waals surface area contributed by atoms with Gasteiger partial charge in [-0.25, -0.2) is 0 Å². The summed E-state index contributed by atoms with van der Waals surface area (Å²) >= 11 is 0. The largest absolute Gasteiger partial charge is 0.487 e. The van der Waals surface area contributed by atoms with Gasteiger partial charge >= 0.3 is 0 Å². The van der Waals surface area contributed by atoms with Gasteiger partial charge < -0.3 is 20.7 Å². The van der Waals surface area contributed by atoms with E-state index in [1.165, 1.54) is 24.8 Å². The molecule has 3 N–H and O–H groups in total. The summed E-state index contributed by atoms with van der Waals surface area (Å²) in [7, 11) is 1.81. The molecule has 1 heterocycles. The summed E-state index contributed by atoms with van der Waals surface area (Å²) in [6.07, 6.45) is 9.90. The molecule has 0 radical (unpaired) electrons. The topological polar surface area (TPSA) is 74.8 Å². The van der Waals surface area contributed by atoms with Crippen LogP contribution in [0.5, 0.6) is 5.75 Å². The van der Waals surface area contributed by atoms with E-state index in [2.05, 4.69) is 45.2 Å². The molecule has 30 heavy (non-hydrogen) atoms. The molecule has 4 rings (SSSR count). The van der Waals surface area contributed by atoms with E-state index in [-0.39, 0.29) is 47.4 Å². The van der Waals surface area contributed by atoms with E-state index in [1.807, 2.05) is 7.05 Å². The number of halogens is 1. The van der Waals surface area contributed by atoms with E-state index in [0.717, 1.165) is 56.8 Å². The molecule has 1 aliphatic heterocycles. The summed E-state index contributed by atoms with van der Waals surface area (Å²) < 4.78 is 6.45. The summed E-state index contributed by atoms with van der Waals surface area (Å²) in [5, 5.41) is 10.1. The smallest absolute Gasteiger partial charge is 0.223 e. The number of para-hydroxylation sites is 1. The van der Waals surface area contributed by atoms with Gasteiger partial charge in [-0.1, -0.05) is 24.6 Å².